The van der Waals surface area contributed by atoms with Gasteiger partial charge in [-0.15, -0.1) is 0 Å². The lowest BCUT2D eigenvalue weighted by Gasteiger charge is -2.33. The molecule has 0 radical (unpaired) electrons. The molecule has 0 saturated heterocycles. The van der Waals surface area contributed by atoms with Crippen LogP contribution in [0.25, 0.3) is 55.7 Å². The van der Waals surface area contributed by atoms with Crippen LogP contribution in [-0.2, 0) is 0 Å². The minimum atomic E-state index is -0.124. The van der Waals surface area contributed by atoms with Crippen molar-refractivity contribution in [1.29, 1.82) is 0 Å². The smallest absolute Gasteiger partial charge is 0.260 e. The van der Waals surface area contributed by atoms with E-state index in [0.717, 1.165) is 95.1 Å². The van der Waals surface area contributed by atoms with Crippen molar-refractivity contribution < 1.29 is 9.47 Å². The molecular formula is C44H29BN4O2. The zero-order chi connectivity index (χ0) is 33.8. The first kappa shape index (κ1) is 28.3. The highest BCUT2D eigenvalue weighted by molar-refractivity contribution is 6.98. The van der Waals surface area contributed by atoms with Crippen molar-refractivity contribution >= 4 is 55.9 Å². The van der Waals surface area contributed by atoms with Crippen molar-refractivity contribution in [2.45, 2.75) is 13.8 Å². The molecule has 2 aliphatic heterocycles. The van der Waals surface area contributed by atoms with E-state index < -0.39 is 0 Å². The maximum Gasteiger partial charge on any atom is 0.260 e. The van der Waals surface area contributed by atoms with Crippen LogP contribution in [0.15, 0.2) is 140 Å². The Morgan fingerprint density at radius 3 is 2.10 bits per heavy atom. The Morgan fingerprint density at radius 1 is 0.549 bits per heavy atom. The standard InChI is InChI=1S/C44H29BN4O2/c1-26-11-9-12-27(2)43(26)49-35-16-6-4-14-33(35)47-44(49)28-20-21-37-31(23-28)45-32-25-36-30(24-40(32)51-39-18-10-17-38(50-37)42(39)45)29-13-3-5-15-34(29)48(36)41-19-7-8-22-46-41/h3-25H,1-2H3. The largest absolute Gasteiger partial charge is 0.458 e. The normalized spacial score (nSPS) is 12.8. The highest BCUT2D eigenvalue weighted by Gasteiger charge is 2.41. The van der Waals surface area contributed by atoms with Crippen molar-refractivity contribution in [3.05, 3.63) is 151 Å². The van der Waals surface area contributed by atoms with Gasteiger partial charge in [-0.2, -0.15) is 0 Å². The monoisotopic (exact) mass is 656 g/mol. The molecule has 0 atom stereocenters. The summed E-state index contributed by atoms with van der Waals surface area (Å²) in [6.45, 7) is 4.22. The molecule has 240 valence electrons. The first-order valence-corrected chi connectivity index (χ1v) is 17.3. The van der Waals surface area contributed by atoms with Crippen LogP contribution >= 0.6 is 0 Å². The summed E-state index contributed by atoms with van der Waals surface area (Å²) >= 11 is 0. The minimum Gasteiger partial charge on any atom is -0.458 e. The molecule has 0 unspecified atom stereocenters. The Hall–Kier alpha value is -6.60. The molecular weight excluding hydrogens is 627 g/mol. The number of benzene rings is 6. The average Bonchev–Trinajstić information content (AvgIpc) is 3.70. The lowest BCUT2D eigenvalue weighted by Crippen LogP contribution is -2.57. The van der Waals surface area contributed by atoms with E-state index in [0.29, 0.717) is 0 Å². The summed E-state index contributed by atoms with van der Waals surface area (Å²) in [6, 6.07) is 46.5. The van der Waals surface area contributed by atoms with Gasteiger partial charge in [-0.3, -0.25) is 9.13 Å². The SMILES string of the molecule is Cc1cccc(C)c1-n1c(-c2ccc3c(c2)B2c4cc5c(cc4Oc4cccc(c42)O3)c2ccccc2n5-c2ccccn2)nc2ccccc21. The number of ether oxygens (including phenoxy) is 2. The number of rotatable bonds is 3. The van der Waals surface area contributed by atoms with Crippen LogP contribution in [0.2, 0.25) is 0 Å². The van der Waals surface area contributed by atoms with Gasteiger partial charge in [0.15, 0.2) is 0 Å². The minimum absolute atomic E-state index is 0.124. The maximum absolute atomic E-state index is 6.75. The van der Waals surface area contributed by atoms with Crippen LogP contribution < -0.4 is 25.9 Å². The van der Waals surface area contributed by atoms with Crippen LogP contribution in [-0.4, -0.2) is 25.8 Å². The molecule has 11 rings (SSSR count). The molecule has 0 N–H and O–H groups in total. The van der Waals surface area contributed by atoms with E-state index >= 15 is 0 Å². The van der Waals surface area contributed by atoms with E-state index in [1.807, 2.05) is 30.5 Å². The van der Waals surface area contributed by atoms with Crippen molar-refractivity contribution in [3.63, 3.8) is 0 Å². The average molecular weight is 657 g/mol. The zero-order valence-corrected chi connectivity index (χ0v) is 28.0. The van der Waals surface area contributed by atoms with Crippen LogP contribution in [0.4, 0.5) is 0 Å². The molecule has 0 spiro atoms. The molecule has 0 bridgehead atoms. The first-order valence-electron chi connectivity index (χ1n) is 17.3. The lowest BCUT2D eigenvalue weighted by atomic mass is 9.34. The molecule has 6 aromatic carbocycles. The van der Waals surface area contributed by atoms with Crippen LogP contribution in [0.3, 0.4) is 0 Å². The Kier molecular flexibility index (Phi) is 5.79. The van der Waals surface area contributed by atoms with E-state index in [1.54, 1.807) is 0 Å². The summed E-state index contributed by atoms with van der Waals surface area (Å²) in [5, 5.41) is 2.28. The predicted octanol–water partition coefficient (Wildman–Crippen LogP) is 8.53. The van der Waals surface area contributed by atoms with Crippen molar-refractivity contribution in [2.24, 2.45) is 0 Å². The van der Waals surface area contributed by atoms with Crippen LogP contribution in [0.1, 0.15) is 11.1 Å². The third kappa shape index (κ3) is 4.00. The number of hydrogen-bond donors (Lipinski definition) is 0. The molecule has 9 aromatic rings. The first-order chi connectivity index (χ1) is 25.1. The quantitative estimate of drug-likeness (QED) is 0.179. The van der Waals surface area contributed by atoms with Gasteiger partial charge in [0.2, 0.25) is 0 Å². The van der Waals surface area contributed by atoms with Crippen LogP contribution in [0.5, 0.6) is 23.0 Å². The van der Waals surface area contributed by atoms with E-state index in [2.05, 4.69) is 132 Å². The summed E-state index contributed by atoms with van der Waals surface area (Å²) in [4.78, 5) is 10.0. The molecule has 51 heavy (non-hydrogen) atoms. The molecule has 3 aromatic heterocycles. The van der Waals surface area contributed by atoms with Gasteiger partial charge in [-0.1, -0.05) is 66.7 Å². The van der Waals surface area contributed by atoms with Crippen molar-refractivity contribution in [1.82, 2.24) is 19.1 Å². The van der Waals surface area contributed by atoms with Gasteiger partial charge in [0.05, 0.1) is 27.8 Å². The highest BCUT2D eigenvalue weighted by atomic mass is 16.5. The predicted molar refractivity (Wildman–Crippen MR) is 206 cm³/mol. The van der Waals surface area contributed by atoms with Gasteiger partial charge in [0.25, 0.3) is 6.71 Å². The van der Waals surface area contributed by atoms with E-state index in [4.69, 9.17) is 19.4 Å². The number of imidazole rings is 1. The fourth-order valence-corrected chi connectivity index (χ4v) is 8.37. The third-order valence-electron chi connectivity index (χ3n) is 10.6. The summed E-state index contributed by atoms with van der Waals surface area (Å²) in [7, 11) is 0. The lowest BCUT2D eigenvalue weighted by molar-refractivity contribution is 0.465. The molecule has 0 saturated carbocycles. The molecule has 2 aliphatic rings. The summed E-state index contributed by atoms with van der Waals surface area (Å²) in [6.07, 6.45) is 1.85. The fourth-order valence-electron chi connectivity index (χ4n) is 8.37. The Bertz CT molecular complexity index is 2890. The second kappa shape index (κ2) is 10.5. The number of para-hydroxylation sites is 4. The second-order valence-electron chi connectivity index (χ2n) is 13.5. The molecule has 0 amide bonds. The van der Waals surface area contributed by atoms with E-state index in [-0.39, 0.29) is 6.71 Å². The number of aromatic nitrogens is 4. The molecule has 6 nitrogen and oxygen atoms in total. The van der Waals surface area contributed by atoms with Gasteiger partial charge < -0.3 is 9.47 Å². The van der Waals surface area contributed by atoms with E-state index in [9.17, 15) is 0 Å². The van der Waals surface area contributed by atoms with Crippen LogP contribution in [0, 0.1) is 13.8 Å². The number of aryl methyl sites for hydroxylation is 2. The Balaban J connectivity index is 1.18. The van der Waals surface area contributed by atoms with Gasteiger partial charge in [0.1, 0.15) is 34.6 Å². The summed E-state index contributed by atoms with van der Waals surface area (Å²) in [5.41, 5.74) is 12.0. The number of nitrogens with zero attached hydrogens (tertiary/aromatic N) is 4. The van der Waals surface area contributed by atoms with Gasteiger partial charge in [0, 0.05) is 28.0 Å². The summed E-state index contributed by atoms with van der Waals surface area (Å²) < 4.78 is 18.0. The molecule has 0 aliphatic carbocycles. The maximum atomic E-state index is 6.75. The van der Waals surface area contributed by atoms with Gasteiger partial charge >= 0.3 is 0 Å². The fraction of sp³-hybridized carbons (Fsp3) is 0.0455. The number of hydrogen-bond acceptors (Lipinski definition) is 4. The number of fused-ring (bicyclic) bond motifs is 8. The number of pyridine rings is 1. The molecule has 5 heterocycles. The van der Waals surface area contributed by atoms with Gasteiger partial charge in [-0.05, 0) is 103 Å². The zero-order valence-electron chi connectivity index (χ0n) is 28.0. The second-order valence-corrected chi connectivity index (χ2v) is 13.5. The van der Waals surface area contributed by atoms with Crippen molar-refractivity contribution in [2.75, 3.05) is 0 Å². The topological polar surface area (TPSA) is 54.1 Å². The Labute approximate surface area is 294 Å². The van der Waals surface area contributed by atoms with Crippen molar-refractivity contribution in [3.8, 4) is 45.9 Å². The summed E-state index contributed by atoms with van der Waals surface area (Å²) in [5.74, 6) is 5.09. The highest BCUT2D eigenvalue weighted by Crippen LogP contribution is 2.40. The third-order valence-corrected chi connectivity index (χ3v) is 10.6. The molecule has 7 heteroatoms. The van der Waals surface area contributed by atoms with Gasteiger partial charge in [-0.25, -0.2) is 9.97 Å². The van der Waals surface area contributed by atoms with E-state index in [1.165, 1.54) is 11.1 Å². The Morgan fingerprint density at radius 2 is 1.27 bits per heavy atom. The molecule has 0 fully saturated rings.